The maximum absolute atomic E-state index is 10.9. The van der Waals surface area contributed by atoms with Gasteiger partial charge in [0.2, 0.25) is 6.29 Å². The quantitative estimate of drug-likeness (QED) is 0.499. The monoisotopic (exact) mass is 251 g/mol. The van der Waals surface area contributed by atoms with Gasteiger partial charge in [-0.1, -0.05) is 0 Å². The molecule has 0 fully saturated rings. The minimum atomic E-state index is -1.18. The first-order valence-electron chi connectivity index (χ1n) is 5.04. The normalized spacial score (nSPS) is 17.1. The highest BCUT2D eigenvalue weighted by molar-refractivity contribution is 5.86. The molecule has 1 aromatic rings. The van der Waals surface area contributed by atoms with Crippen molar-refractivity contribution < 1.29 is 24.3 Å². The van der Waals surface area contributed by atoms with E-state index in [0.717, 1.165) is 12.2 Å². The van der Waals surface area contributed by atoms with Crippen LogP contribution in [0.15, 0.2) is 18.2 Å². The Morgan fingerprint density at radius 1 is 1.44 bits per heavy atom. The Morgan fingerprint density at radius 3 is 2.61 bits per heavy atom. The second-order valence-corrected chi connectivity index (χ2v) is 3.59. The summed E-state index contributed by atoms with van der Waals surface area (Å²) in [4.78, 5) is 20.7. The molecule has 0 aliphatic carbocycles. The number of nitro benzene ring substituents is 1. The molecule has 0 saturated heterocycles. The number of benzene rings is 1. The summed E-state index contributed by atoms with van der Waals surface area (Å²) < 4.78 is 10.5. The SMILES string of the molecule is CC1Oc2cc(C=CC(=O)O)c([N+](=O)[O-])cc2O1. The van der Waals surface area contributed by atoms with E-state index in [0.29, 0.717) is 5.75 Å². The van der Waals surface area contributed by atoms with E-state index in [9.17, 15) is 14.9 Å². The van der Waals surface area contributed by atoms with Gasteiger partial charge < -0.3 is 14.6 Å². The molecule has 94 valence electrons. The zero-order chi connectivity index (χ0) is 13.3. The van der Waals surface area contributed by atoms with E-state index in [-0.39, 0.29) is 17.0 Å². The molecule has 0 amide bonds. The van der Waals surface area contributed by atoms with Gasteiger partial charge in [0.25, 0.3) is 5.69 Å². The molecule has 7 heteroatoms. The number of hydrogen-bond acceptors (Lipinski definition) is 5. The number of fused-ring (bicyclic) bond motifs is 1. The second-order valence-electron chi connectivity index (χ2n) is 3.59. The smallest absolute Gasteiger partial charge is 0.328 e. The molecule has 18 heavy (non-hydrogen) atoms. The van der Waals surface area contributed by atoms with Crippen molar-refractivity contribution in [3.05, 3.63) is 33.9 Å². The van der Waals surface area contributed by atoms with Crippen LogP contribution in [0.5, 0.6) is 11.5 Å². The number of nitro groups is 1. The van der Waals surface area contributed by atoms with Crippen LogP contribution in [0.1, 0.15) is 12.5 Å². The summed E-state index contributed by atoms with van der Waals surface area (Å²) in [5, 5.41) is 19.4. The number of aliphatic carboxylic acids is 1. The van der Waals surface area contributed by atoms with Gasteiger partial charge in [-0.05, 0) is 12.1 Å². The summed E-state index contributed by atoms with van der Waals surface area (Å²) in [7, 11) is 0. The molecule has 0 saturated carbocycles. The number of carboxylic acid groups (broad SMARTS) is 1. The van der Waals surface area contributed by atoms with Crippen LogP contribution in [0.2, 0.25) is 0 Å². The molecule has 0 radical (unpaired) electrons. The molecular weight excluding hydrogens is 242 g/mol. The summed E-state index contributed by atoms with van der Waals surface area (Å²) in [6.45, 7) is 1.65. The fourth-order valence-electron chi connectivity index (χ4n) is 1.58. The van der Waals surface area contributed by atoms with Crippen molar-refractivity contribution >= 4 is 17.7 Å². The van der Waals surface area contributed by atoms with Crippen LogP contribution in [-0.2, 0) is 4.79 Å². The molecule has 1 aromatic carbocycles. The van der Waals surface area contributed by atoms with Gasteiger partial charge in [-0.3, -0.25) is 10.1 Å². The van der Waals surface area contributed by atoms with Crippen LogP contribution in [0, 0.1) is 10.1 Å². The number of ether oxygens (including phenoxy) is 2. The molecule has 1 heterocycles. The van der Waals surface area contributed by atoms with E-state index in [1.165, 1.54) is 12.1 Å². The van der Waals surface area contributed by atoms with Crippen LogP contribution in [0.3, 0.4) is 0 Å². The van der Waals surface area contributed by atoms with Crippen molar-refractivity contribution in [2.75, 3.05) is 0 Å². The highest BCUT2D eigenvalue weighted by Gasteiger charge is 2.25. The predicted molar refractivity (Wildman–Crippen MR) is 60.5 cm³/mol. The number of rotatable bonds is 3. The van der Waals surface area contributed by atoms with Crippen LogP contribution in [0.25, 0.3) is 6.08 Å². The third kappa shape index (κ3) is 2.24. The summed E-state index contributed by atoms with van der Waals surface area (Å²) in [5.41, 5.74) is -0.0807. The molecule has 1 aliphatic rings. The zero-order valence-corrected chi connectivity index (χ0v) is 9.32. The fourth-order valence-corrected chi connectivity index (χ4v) is 1.58. The lowest BCUT2D eigenvalue weighted by atomic mass is 10.1. The minimum absolute atomic E-state index is 0.152. The van der Waals surface area contributed by atoms with Gasteiger partial charge in [0.15, 0.2) is 11.5 Å². The van der Waals surface area contributed by atoms with Crippen LogP contribution in [0.4, 0.5) is 5.69 Å². The van der Waals surface area contributed by atoms with Crippen molar-refractivity contribution in [2.24, 2.45) is 0 Å². The van der Waals surface area contributed by atoms with E-state index in [1.807, 2.05) is 0 Å². The molecule has 2 rings (SSSR count). The first-order valence-corrected chi connectivity index (χ1v) is 5.04. The Bertz CT molecular complexity index is 551. The standard InChI is InChI=1S/C11H9NO6/c1-6-17-9-4-7(2-3-11(13)14)8(12(15)16)5-10(9)18-6/h2-6H,1H3,(H,13,14). The lowest BCUT2D eigenvalue weighted by Gasteiger charge is -2.00. The highest BCUT2D eigenvalue weighted by Crippen LogP contribution is 2.40. The Labute approximate surface area is 101 Å². The zero-order valence-electron chi connectivity index (χ0n) is 9.32. The van der Waals surface area contributed by atoms with Gasteiger partial charge in [-0.15, -0.1) is 0 Å². The third-order valence-electron chi connectivity index (χ3n) is 2.28. The van der Waals surface area contributed by atoms with Gasteiger partial charge in [-0.25, -0.2) is 4.79 Å². The van der Waals surface area contributed by atoms with E-state index in [2.05, 4.69) is 0 Å². The van der Waals surface area contributed by atoms with Gasteiger partial charge in [0.1, 0.15) is 0 Å². The average Bonchev–Trinajstić information content (AvgIpc) is 2.63. The second kappa shape index (κ2) is 4.36. The molecule has 7 nitrogen and oxygen atoms in total. The van der Waals surface area contributed by atoms with E-state index in [4.69, 9.17) is 14.6 Å². The lowest BCUT2D eigenvalue weighted by Crippen LogP contribution is -2.11. The molecule has 1 atom stereocenters. The summed E-state index contributed by atoms with van der Waals surface area (Å²) in [6.07, 6.45) is 1.46. The van der Waals surface area contributed by atoms with Crippen LogP contribution < -0.4 is 9.47 Å². The van der Waals surface area contributed by atoms with Crippen LogP contribution in [-0.4, -0.2) is 22.3 Å². The number of nitrogens with zero attached hydrogens (tertiary/aromatic N) is 1. The fraction of sp³-hybridized carbons (Fsp3) is 0.182. The predicted octanol–water partition coefficient (Wildman–Crippen LogP) is 1.81. The first-order chi connectivity index (χ1) is 8.47. The summed E-state index contributed by atoms with van der Waals surface area (Å²) >= 11 is 0. The van der Waals surface area contributed by atoms with Crippen molar-refractivity contribution in [3.8, 4) is 11.5 Å². The van der Waals surface area contributed by atoms with E-state index >= 15 is 0 Å². The van der Waals surface area contributed by atoms with Gasteiger partial charge in [0, 0.05) is 13.0 Å². The average molecular weight is 251 g/mol. The van der Waals surface area contributed by atoms with Crippen molar-refractivity contribution in [1.82, 2.24) is 0 Å². The van der Waals surface area contributed by atoms with Crippen molar-refractivity contribution in [2.45, 2.75) is 13.2 Å². The maximum Gasteiger partial charge on any atom is 0.328 e. The Hall–Kier alpha value is -2.57. The van der Waals surface area contributed by atoms with Gasteiger partial charge >= 0.3 is 5.97 Å². The number of carbonyl (C=O) groups is 1. The molecule has 0 aromatic heterocycles. The third-order valence-corrected chi connectivity index (χ3v) is 2.28. The molecule has 1 unspecified atom stereocenters. The number of carboxylic acids is 1. The lowest BCUT2D eigenvalue weighted by molar-refractivity contribution is -0.385. The Kier molecular flexibility index (Phi) is 2.88. The van der Waals surface area contributed by atoms with Crippen molar-refractivity contribution in [1.29, 1.82) is 0 Å². The maximum atomic E-state index is 10.9. The topological polar surface area (TPSA) is 98.9 Å². The molecule has 0 spiro atoms. The van der Waals surface area contributed by atoms with E-state index < -0.39 is 17.2 Å². The molecular formula is C11H9NO6. The van der Waals surface area contributed by atoms with Crippen molar-refractivity contribution in [3.63, 3.8) is 0 Å². The van der Waals surface area contributed by atoms with Crippen LogP contribution >= 0.6 is 0 Å². The number of hydrogen-bond donors (Lipinski definition) is 1. The molecule has 0 bridgehead atoms. The Morgan fingerprint density at radius 2 is 2.06 bits per heavy atom. The molecule has 1 N–H and O–H groups in total. The molecule has 1 aliphatic heterocycles. The minimum Gasteiger partial charge on any atom is -0.478 e. The highest BCUT2D eigenvalue weighted by atomic mass is 16.7. The largest absolute Gasteiger partial charge is 0.478 e. The van der Waals surface area contributed by atoms with Gasteiger partial charge in [-0.2, -0.15) is 0 Å². The van der Waals surface area contributed by atoms with E-state index in [1.54, 1.807) is 6.92 Å². The van der Waals surface area contributed by atoms with Gasteiger partial charge in [0.05, 0.1) is 16.6 Å². The summed E-state index contributed by atoms with van der Waals surface area (Å²) in [6, 6.07) is 2.61. The first kappa shape index (κ1) is 11.9. The Balaban J connectivity index is 2.48. The summed E-state index contributed by atoms with van der Waals surface area (Å²) in [5.74, 6) is -0.546.